The highest BCUT2D eigenvalue weighted by atomic mass is 35.5. The zero-order valence-corrected chi connectivity index (χ0v) is 11.2. The molecule has 0 atom stereocenters. The molecule has 0 spiro atoms. The number of carbonyl (C=O) groups excluding carboxylic acids is 1. The molecule has 1 aliphatic heterocycles. The van der Waals surface area contributed by atoms with E-state index in [1.807, 2.05) is 12.1 Å². The summed E-state index contributed by atoms with van der Waals surface area (Å²) in [5, 5.41) is 3.80. The fourth-order valence-corrected chi connectivity index (χ4v) is 2.24. The maximum absolute atomic E-state index is 11.7. The number of aromatic nitrogens is 1. The number of benzene rings is 1. The minimum Gasteiger partial charge on any atom is -0.321 e. The summed E-state index contributed by atoms with van der Waals surface area (Å²) < 4.78 is 0. The van der Waals surface area contributed by atoms with Gasteiger partial charge in [-0.15, -0.1) is 0 Å². The summed E-state index contributed by atoms with van der Waals surface area (Å²) in [6.07, 6.45) is 0. The van der Waals surface area contributed by atoms with Crippen LogP contribution in [0, 0.1) is 0 Å². The quantitative estimate of drug-likeness (QED) is 0.819. The lowest BCUT2D eigenvalue weighted by Gasteiger charge is -2.29. The molecule has 19 heavy (non-hydrogen) atoms. The summed E-state index contributed by atoms with van der Waals surface area (Å²) in [4.78, 5) is 17.8. The molecule has 0 saturated heterocycles. The number of pyridine rings is 1. The molecule has 6 heteroatoms. The number of halogens is 2. The predicted octanol–water partition coefficient (Wildman–Crippen LogP) is 3.48. The Labute approximate surface area is 120 Å². The van der Waals surface area contributed by atoms with Gasteiger partial charge in [0.25, 0.3) is 0 Å². The van der Waals surface area contributed by atoms with Gasteiger partial charge < -0.3 is 10.2 Å². The standard InChI is InChI=1S/C13H9Cl2N3O/c14-8-1-3-9(4-2-8)18-7-12(19)16-10-5-6-11(15)17-13(10)18/h1-6H,7H2,(H,16,19). The van der Waals surface area contributed by atoms with Crippen molar-refractivity contribution in [3.63, 3.8) is 0 Å². The zero-order chi connectivity index (χ0) is 13.4. The summed E-state index contributed by atoms with van der Waals surface area (Å²) in [5.74, 6) is 0.543. The summed E-state index contributed by atoms with van der Waals surface area (Å²) in [6.45, 7) is 0.196. The third-order valence-corrected chi connectivity index (χ3v) is 3.27. The predicted molar refractivity (Wildman–Crippen MR) is 76.3 cm³/mol. The molecular weight excluding hydrogens is 285 g/mol. The first-order chi connectivity index (χ1) is 9.13. The van der Waals surface area contributed by atoms with E-state index in [1.165, 1.54) is 0 Å². The van der Waals surface area contributed by atoms with Crippen molar-refractivity contribution < 1.29 is 4.79 Å². The lowest BCUT2D eigenvalue weighted by Crippen LogP contribution is -2.35. The second-order valence-electron chi connectivity index (χ2n) is 4.12. The first-order valence-corrected chi connectivity index (χ1v) is 6.38. The second-order valence-corrected chi connectivity index (χ2v) is 4.94. The van der Waals surface area contributed by atoms with Crippen LogP contribution in [0.25, 0.3) is 0 Å². The molecular formula is C13H9Cl2N3O. The van der Waals surface area contributed by atoms with Crippen LogP contribution in [-0.4, -0.2) is 17.4 Å². The molecule has 4 nitrogen and oxygen atoms in total. The topological polar surface area (TPSA) is 45.2 Å². The number of nitrogens with zero attached hydrogens (tertiary/aromatic N) is 2. The average molecular weight is 294 g/mol. The molecule has 3 rings (SSSR count). The van der Waals surface area contributed by atoms with Gasteiger partial charge in [0.2, 0.25) is 5.91 Å². The van der Waals surface area contributed by atoms with E-state index in [0.717, 1.165) is 5.69 Å². The van der Waals surface area contributed by atoms with Gasteiger partial charge in [0.05, 0.1) is 5.69 Å². The van der Waals surface area contributed by atoms with Crippen LogP contribution in [0.3, 0.4) is 0 Å². The first kappa shape index (κ1) is 12.3. The number of anilines is 3. The van der Waals surface area contributed by atoms with E-state index in [9.17, 15) is 4.79 Å². The van der Waals surface area contributed by atoms with Crippen LogP contribution in [-0.2, 0) is 4.79 Å². The largest absolute Gasteiger partial charge is 0.321 e. The summed E-state index contributed by atoms with van der Waals surface area (Å²) in [5.41, 5.74) is 1.49. The molecule has 2 heterocycles. The smallest absolute Gasteiger partial charge is 0.244 e. The number of fused-ring (bicyclic) bond motifs is 1. The van der Waals surface area contributed by atoms with E-state index in [1.54, 1.807) is 29.2 Å². The lowest BCUT2D eigenvalue weighted by molar-refractivity contribution is -0.115. The Hall–Kier alpha value is -1.78. The van der Waals surface area contributed by atoms with Crippen LogP contribution >= 0.6 is 23.2 Å². The van der Waals surface area contributed by atoms with Gasteiger partial charge in [-0.2, -0.15) is 0 Å². The number of hydrogen-bond acceptors (Lipinski definition) is 3. The molecule has 1 aromatic heterocycles. The molecule has 2 aromatic rings. The van der Waals surface area contributed by atoms with Crippen molar-refractivity contribution in [1.29, 1.82) is 0 Å². The Bertz CT molecular complexity index is 643. The van der Waals surface area contributed by atoms with Crippen LogP contribution in [0.5, 0.6) is 0 Å². The number of hydrogen-bond donors (Lipinski definition) is 1. The molecule has 1 amide bonds. The first-order valence-electron chi connectivity index (χ1n) is 5.63. The van der Waals surface area contributed by atoms with Crippen molar-refractivity contribution in [3.8, 4) is 0 Å². The van der Waals surface area contributed by atoms with E-state index in [-0.39, 0.29) is 12.5 Å². The van der Waals surface area contributed by atoms with E-state index in [2.05, 4.69) is 10.3 Å². The summed E-state index contributed by atoms with van der Waals surface area (Å²) in [7, 11) is 0. The third-order valence-electron chi connectivity index (χ3n) is 2.81. The van der Waals surface area contributed by atoms with Gasteiger partial charge in [-0.25, -0.2) is 4.98 Å². The van der Waals surface area contributed by atoms with E-state index < -0.39 is 0 Å². The van der Waals surface area contributed by atoms with Gasteiger partial charge in [-0.1, -0.05) is 23.2 Å². The normalized spacial score (nSPS) is 14.0. The highest BCUT2D eigenvalue weighted by Crippen LogP contribution is 2.34. The van der Waals surface area contributed by atoms with Gasteiger partial charge in [0.1, 0.15) is 11.7 Å². The molecule has 1 N–H and O–H groups in total. The molecule has 1 aromatic carbocycles. The van der Waals surface area contributed by atoms with Crippen LogP contribution in [0.2, 0.25) is 10.2 Å². The Kier molecular flexibility index (Phi) is 3.05. The Morgan fingerprint density at radius 3 is 2.58 bits per heavy atom. The Balaban J connectivity index is 2.09. The highest BCUT2D eigenvalue weighted by molar-refractivity contribution is 6.30. The second kappa shape index (κ2) is 4.72. The Morgan fingerprint density at radius 2 is 1.84 bits per heavy atom. The fraction of sp³-hybridized carbons (Fsp3) is 0.0769. The molecule has 0 radical (unpaired) electrons. The van der Waals surface area contributed by atoms with Crippen molar-refractivity contribution >= 4 is 46.3 Å². The molecule has 0 bridgehead atoms. The molecule has 1 aliphatic rings. The maximum Gasteiger partial charge on any atom is 0.244 e. The number of carbonyl (C=O) groups is 1. The molecule has 0 unspecified atom stereocenters. The van der Waals surface area contributed by atoms with Crippen LogP contribution in [0.15, 0.2) is 36.4 Å². The fourth-order valence-electron chi connectivity index (χ4n) is 1.97. The number of amides is 1. The average Bonchev–Trinajstić information content (AvgIpc) is 2.39. The number of rotatable bonds is 1. The SMILES string of the molecule is O=C1CN(c2ccc(Cl)cc2)c2nc(Cl)ccc2N1. The van der Waals surface area contributed by atoms with Crippen molar-refractivity contribution in [1.82, 2.24) is 4.98 Å². The monoisotopic (exact) mass is 293 g/mol. The van der Waals surface area contributed by atoms with E-state index >= 15 is 0 Å². The van der Waals surface area contributed by atoms with Crippen molar-refractivity contribution in [2.45, 2.75) is 0 Å². The molecule has 0 aliphatic carbocycles. The lowest BCUT2D eigenvalue weighted by atomic mass is 10.2. The minimum atomic E-state index is -0.0911. The molecule has 96 valence electrons. The molecule has 0 saturated carbocycles. The van der Waals surface area contributed by atoms with Gasteiger partial charge in [0, 0.05) is 10.7 Å². The summed E-state index contributed by atoms with van der Waals surface area (Å²) in [6, 6.07) is 10.6. The zero-order valence-electron chi connectivity index (χ0n) is 9.73. The minimum absolute atomic E-state index is 0.0911. The van der Waals surface area contributed by atoms with Crippen molar-refractivity contribution in [2.24, 2.45) is 0 Å². The van der Waals surface area contributed by atoms with E-state index in [0.29, 0.717) is 21.7 Å². The molecule has 0 fully saturated rings. The van der Waals surface area contributed by atoms with Gasteiger partial charge in [-0.3, -0.25) is 4.79 Å². The maximum atomic E-state index is 11.7. The van der Waals surface area contributed by atoms with Crippen LogP contribution in [0.4, 0.5) is 17.2 Å². The van der Waals surface area contributed by atoms with Crippen molar-refractivity contribution in [3.05, 3.63) is 46.6 Å². The van der Waals surface area contributed by atoms with Gasteiger partial charge in [-0.05, 0) is 36.4 Å². The van der Waals surface area contributed by atoms with Crippen LogP contribution in [0.1, 0.15) is 0 Å². The van der Waals surface area contributed by atoms with Crippen molar-refractivity contribution in [2.75, 3.05) is 16.8 Å². The summed E-state index contributed by atoms with van der Waals surface area (Å²) >= 11 is 11.8. The number of nitrogens with one attached hydrogen (secondary N) is 1. The third kappa shape index (κ3) is 2.37. The van der Waals surface area contributed by atoms with Crippen LogP contribution < -0.4 is 10.2 Å². The Morgan fingerprint density at radius 1 is 1.11 bits per heavy atom. The highest BCUT2D eigenvalue weighted by Gasteiger charge is 2.24. The van der Waals surface area contributed by atoms with Gasteiger partial charge >= 0.3 is 0 Å². The van der Waals surface area contributed by atoms with Gasteiger partial charge in [0.15, 0.2) is 5.82 Å². The van der Waals surface area contributed by atoms with E-state index in [4.69, 9.17) is 23.2 Å².